The number of hydrogen-bond acceptors (Lipinski definition) is 4. The molecular weight excluding hydrogens is 325 g/mol. The maximum atomic E-state index is 13.2. The lowest BCUT2D eigenvalue weighted by atomic mass is 10.1. The molecular formula is C16H19F3N2O3. The highest BCUT2D eigenvalue weighted by atomic mass is 19.4. The molecule has 0 aliphatic carbocycles. The monoisotopic (exact) mass is 344 g/mol. The highest BCUT2D eigenvalue weighted by Crippen LogP contribution is 2.40. The largest absolute Gasteiger partial charge is 0.484 e. The van der Waals surface area contributed by atoms with Crippen molar-refractivity contribution >= 4 is 11.6 Å². The Balaban J connectivity index is 2.14. The summed E-state index contributed by atoms with van der Waals surface area (Å²) in [6.07, 6.45) is -5.55. The zero-order valence-electron chi connectivity index (χ0n) is 13.6. The second-order valence-corrected chi connectivity index (χ2v) is 5.75. The van der Waals surface area contributed by atoms with E-state index in [4.69, 9.17) is 4.74 Å². The second kappa shape index (κ2) is 6.43. The van der Waals surface area contributed by atoms with Gasteiger partial charge in [-0.3, -0.25) is 4.79 Å². The Morgan fingerprint density at radius 2 is 2.04 bits per heavy atom. The second-order valence-electron chi connectivity index (χ2n) is 5.75. The summed E-state index contributed by atoms with van der Waals surface area (Å²) < 4.78 is 44.8. The number of aryl methyl sites for hydroxylation is 2. The molecule has 1 aromatic carbocycles. The van der Waals surface area contributed by atoms with Crippen LogP contribution in [0.15, 0.2) is 23.3 Å². The molecule has 1 amide bonds. The third kappa shape index (κ3) is 3.38. The van der Waals surface area contributed by atoms with Gasteiger partial charge >= 0.3 is 6.18 Å². The molecule has 0 saturated carbocycles. The smallest absolute Gasteiger partial charge is 0.438 e. The third-order valence-corrected chi connectivity index (χ3v) is 3.98. The van der Waals surface area contributed by atoms with Gasteiger partial charge in [0.25, 0.3) is 11.6 Å². The summed E-state index contributed by atoms with van der Waals surface area (Å²) in [7, 11) is 0. The third-order valence-electron chi connectivity index (χ3n) is 3.98. The average Bonchev–Trinajstić information content (AvgIpc) is 2.86. The van der Waals surface area contributed by atoms with Crippen molar-refractivity contribution in [1.82, 2.24) is 5.01 Å². The first-order valence-electron chi connectivity index (χ1n) is 7.47. The number of amides is 1. The van der Waals surface area contributed by atoms with Crippen molar-refractivity contribution in [2.24, 2.45) is 5.10 Å². The van der Waals surface area contributed by atoms with E-state index >= 15 is 0 Å². The normalized spacial score (nSPS) is 21.0. The predicted molar refractivity (Wildman–Crippen MR) is 81.6 cm³/mol. The van der Waals surface area contributed by atoms with Crippen LogP contribution in [0.4, 0.5) is 13.2 Å². The van der Waals surface area contributed by atoms with E-state index in [0.717, 1.165) is 11.1 Å². The van der Waals surface area contributed by atoms with E-state index in [-0.39, 0.29) is 17.1 Å². The van der Waals surface area contributed by atoms with Crippen LogP contribution < -0.4 is 4.74 Å². The van der Waals surface area contributed by atoms with Crippen molar-refractivity contribution in [1.29, 1.82) is 0 Å². The Labute approximate surface area is 137 Å². The van der Waals surface area contributed by atoms with Gasteiger partial charge in [-0.05, 0) is 43.5 Å². The van der Waals surface area contributed by atoms with Crippen molar-refractivity contribution in [2.45, 2.75) is 45.5 Å². The van der Waals surface area contributed by atoms with E-state index in [0.29, 0.717) is 5.75 Å². The highest BCUT2D eigenvalue weighted by molar-refractivity contribution is 5.90. The molecule has 1 heterocycles. The SMILES string of the molecule is CCC1=NN(C(=O)COc2ccc(C)c(C)c2)[C@](O)(C(F)(F)F)C1. The summed E-state index contributed by atoms with van der Waals surface area (Å²) in [6.45, 7) is 4.71. The van der Waals surface area contributed by atoms with Gasteiger partial charge in [-0.25, -0.2) is 0 Å². The van der Waals surface area contributed by atoms with Crippen molar-refractivity contribution in [3.63, 3.8) is 0 Å². The molecule has 132 valence electrons. The Bertz CT molecular complexity index is 673. The van der Waals surface area contributed by atoms with Crippen molar-refractivity contribution in [3.8, 4) is 5.75 Å². The molecule has 0 unspecified atom stereocenters. The van der Waals surface area contributed by atoms with E-state index in [1.807, 2.05) is 13.8 Å². The molecule has 0 spiro atoms. The van der Waals surface area contributed by atoms with Crippen LogP contribution >= 0.6 is 0 Å². The van der Waals surface area contributed by atoms with Gasteiger partial charge in [0, 0.05) is 12.1 Å². The van der Waals surface area contributed by atoms with E-state index < -0.39 is 30.8 Å². The van der Waals surface area contributed by atoms with Crippen molar-refractivity contribution in [2.75, 3.05) is 6.61 Å². The molecule has 2 rings (SSSR count). The fourth-order valence-corrected chi connectivity index (χ4v) is 2.31. The molecule has 1 N–H and O–H groups in total. The Morgan fingerprint density at radius 3 is 2.58 bits per heavy atom. The Hall–Kier alpha value is -2.09. The van der Waals surface area contributed by atoms with Crippen LogP contribution in [0.1, 0.15) is 30.9 Å². The number of hydrazone groups is 1. The van der Waals surface area contributed by atoms with E-state index in [1.165, 1.54) is 0 Å². The standard InChI is InChI=1S/C16H19F3N2O3/c1-4-12-8-15(23,16(17,18)19)21(20-12)14(22)9-24-13-6-5-10(2)11(3)7-13/h5-7,23H,4,8-9H2,1-3H3/t15-/m1/s1. The van der Waals surface area contributed by atoms with Gasteiger partial charge in [0.05, 0.1) is 0 Å². The number of halogens is 3. The molecule has 1 atom stereocenters. The highest BCUT2D eigenvalue weighted by Gasteiger charge is 2.62. The Kier molecular flexibility index (Phi) is 4.89. The number of alkyl halides is 3. The van der Waals surface area contributed by atoms with Crippen LogP contribution in [-0.4, -0.2) is 40.2 Å². The van der Waals surface area contributed by atoms with Crippen LogP contribution in [0.25, 0.3) is 0 Å². The van der Waals surface area contributed by atoms with Crippen LogP contribution in [0, 0.1) is 13.8 Å². The van der Waals surface area contributed by atoms with Gasteiger partial charge < -0.3 is 9.84 Å². The predicted octanol–water partition coefficient (Wildman–Crippen LogP) is 2.93. The van der Waals surface area contributed by atoms with Gasteiger partial charge in [-0.15, -0.1) is 0 Å². The zero-order valence-corrected chi connectivity index (χ0v) is 13.6. The number of aliphatic hydroxyl groups is 1. The van der Waals surface area contributed by atoms with Gasteiger partial charge in [-0.2, -0.15) is 23.3 Å². The van der Waals surface area contributed by atoms with Gasteiger partial charge in [0.2, 0.25) is 0 Å². The molecule has 0 radical (unpaired) electrons. The van der Waals surface area contributed by atoms with Gasteiger partial charge in [-0.1, -0.05) is 13.0 Å². The number of rotatable bonds is 4. The maximum absolute atomic E-state index is 13.2. The average molecular weight is 344 g/mol. The molecule has 0 fully saturated rings. The number of nitrogens with zero attached hydrogens (tertiary/aromatic N) is 2. The van der Waals surface area contributed by atoms with E-state index in [1.54, 1.807) is 25.1 Å². The molecule has 5 nitrogen and oxygen atoms in total. The van der Waals surface area contributed by atoms with Gasteiger partial charge in [0.15, 0.2) is 6.61 Å². The zero-order chi connectivity index (χ0) is 18.1. The minimum absolute atomic E-state index is 0.0902. The molecule has 8 heteroatoms. The van der Waals surface area contributed by atoms with Crippen molar-refractivity contribution < 1.29 is 27.8 Å². The summed E-state index contributed by atoms with van der Waals surface area (Å²) >= 11 is 0. The Morgan fingerprint density at radius 1 is 1.38 bits per heavy atom. The maximum Gasteiger partial charge on any atom is 0.438 e. The number of benzene rings is 1. The fourth-order valence-electron chi connectivity index (χ4n) is 2.31. The first-order valence-corrected chi connectivity index (χ1v) is 7.47. The summed E-state index contributed by atoms with van der Waals surface area (Å²) in [4.78, 5) is 12.1. The summed E-state index contributed by atoms with van der Waals surface area (Å²) in [6, 6.07) is 5.09. The van der Waals surface area contributed by atoms with Crippen LogP contribution in [0.3, 0.4) is 0 Å². The topological polar surface area (TPSA) is 62.1 Å². The molecule has 1 aliphatic heterocycles. The lowest BCUT2D eigenvalue weighted by Crippen LogP contribution is -2.57. The summed E-state index contributed by atoms with van der Waals surface area (Å²) in [5, 5.41) is 13.7. The number of carbonyl (C=O) groups excluding carboxylic acids is 1. The molecule has 0 bridgehead atoms. The van der Waals surface area contributed by atoms with Gasteiger partial charge in [0.1, 0.15) is 5.75 Å². The fraction of sp³-hybridized carbons (Fsp3) is 0.500. The summed E-state index contributed by atoms with van der Waals surface area (Å²) in [5.41, 5.74) is -1.26. The molecule has 0 saturated heterocycles. The van der Waals surface area contributed by atoms with E-state index in [9.17, 15) is 23.1 Å². The molecule has 0 aromatic heterocycles. The molecule has 1 aliphatic rings. The summed E-state index contributed by atoms with van der Waals surface area (Å²) in [5.74, 6) is -0.697. The quantitative estimate of drug-likeness (QED) is 0.913. The number of ether oxygens (including phenoxy) is 1. The lowest BCUT2D eigenvalue weighted by Gasteiger charge is -2.32. The minimum Gasteiger partial charge on any atom is -0.484 e. The number of carbonyl (C=O) groups is 1. The molecule has 24 heavy (non-hydrogen) atoms. The van der Waals surface area contributed by atoms with Crippen LogP contribution in [0.2, 0.25) is 0 Å². The minimum atomic E-state index is -5.01. The molecule has 1 aromatic rings. The lowest BCUT2D eigenvalue weighted by molar-refractivity contribution is -0.302. The van der Waals surface area contributed by atoms with Crippen molar-refractivity contribution in [3.05, 3.63) is 29.3 Å². The first kappa shape index (κ1) is 18.3. The van der Waals surface area contributed by atoms with E-state index in [2.05, 4.69) is 5.10 Å². The first-order chi connectivity index (χ1) is 11.1. The van der Waals surface area contributed by atoms with Crippen LogP contribution in [-0.2, 0) is 4.79 Å². The van der Waals surface area contributed by atoms with Crippen LogP contribution in [0.5, 0.6) is 5.75 Å². The number of hydrogen-bond donors (Lipinski definition) is 1.